The maximum absolute atomic E-state index is 11.4. The van der Waals surface area contributed by atoms with Crippen LogP contribution < -0.4 is 0 Å². The summed E-state index contributed by atoms with van der Waals surface area (Å²) in [5.74, 6) is -0.361. The summed E-state index contributed by atoms with van der Waals surface area (Å²) in [5.41, 5.74) is 9.42. The smallest absolute Gasteiger partial charge is 0.338 e. The molecule has 5 nitrogen and oxygen atoms in total. The molecule has 1 rings (SSSR count). The summed E-state index contributed by atoms with van der Waals surface area (Å²) in [6.07, 6.45) is 4.31. The van der Waals surface area contributed by atoms with Crippen molar-refractivity contribution in [2.45, 2.75) is 6.42 Å². The molecule has 88 valence electrons. The number of esters is 1. The lowest BCUT2D eigenvalue weighted by Crippen LogP contribution is -2.03. The Hall–Kier alpha value is -2.26. The van der Waals surface area contributed by atoms with Crippen LogP contribution >= 0.6 is 0 Å². The second-order valence-corrected chi connectivity index (χ2v) is 3.22. The quantitative estimate of drug-likeness (QED) is 0.256. The Labute approximate surface area is 99.3 Å². The minimum absolute atomic E-state index is 0.361. The number of carbonyl (C=O) groups is 1. The highest BCUT2D eigenvalue weighted by molar-refractivity contribution is 5.93. The van der Waals surface area contributed by atoms with E-state index < -0.39 is 0 Å². The number of ether oxygens (including phenoxy) is 1. The summed E-state index contributed by atoms with van der Waals surface area (Å²) in [5, 5.41) is 3.41. The number of carbonyl (C=O) groups excluding carboxylic acids is 1. The van der Waals surface area contributed by atoms with Gasteiger partial charge in [-0.05, 0) is 23.6 Å². The van der Waals surface area contributed by atoms with Crippen molar-refractivity contribution in [1.29, 1.82) is 0 Å². The second kappa shape index (κ2) is 7.09. The molecule has 1 aromatic rings. The van der Waals surface area contributed by atoms with Crippen LogP contribution in [0.5, 0.6) is 0 Å². The standard InChI is InChI=1S/C12H13N3O2/c1-17-12(16)11-8-3-2-6-10(11)7-4-5-9-14-15-13/h2-4,6-8H,5,9H2,1H3. The van der Waals surface area contributed by atoms with Crippen molar-refractivity contribution in [1.82, 2.24) is 0 Å². The van der Waals surface area contributed by atoms with E-state index in [1.54, 1.807) is 12.1 Å². The molecule has 1 aromatic carbocycles. The molecule has 0 unspecified atom stereocenters. The van der Waals surface area contributed by atoms with Crippen LogP contribution in [0.15, 0.2) is 35.5 Å². The number of benzene rings is 1. The van der Waals surface area contributed by atoms with Gasteiger partial charge in [-0.25, -0.2) is 4.79 Å². The summed E-state index contributed by atoms with van der Waals surface area (Å²) in [4.78, 5) is 14.1. The second-order valence-electron chi connectivity index (χ2n) is 3.22. The maximum Gasteiger partial charge on any atom is 0.338 e. The van der Waals surface area contributed by atoms with E-state index in [0.29, 0.717) is 18.5 Å². The number of nitrogens with zero attached hydrogens (tertiary/aromatic N) is 3. The van der Waals surface area contributed by atoms with Gasteiger partial charge >= 0.3 is 5.97 Å². The van der Waals surface area contributed by atoms with Crippen LogP contribution in [0.1, 0.15) is 22.3 Å². The summed E-state index contributed by atoms with van der Waals surface area (Å²) in [7, 11) is 1.35. The highest BCUT2D eigenvalue weighted by Gasteiger charge is 2.07. The average Bonchev–Trinajstić information content (AvgIpc) is 2.38. The molecular formula is C12H13N3O2. The summed E-state index contributed by atoms with van der Waals surface area (Å²) in [6.45, 7) is 0.410. The Morgan fingerprint density at radius 2 is 2.29 bits per heavy atom. The Balaban J connectivity index is 2.76. The van der Waals surface area contributed by atoms with Gasteiger partial charge in [0.05, 0.1) is 12.7 Å². The van der Waals surface area contributed by atoms with Crippen LogP contribution in [0.4, 0.5) is 0 Å². The Bertz CT molecular complexity index is 463. The van der Waals surface area contributed by atoms with Crippen molar-refractivity contribution < 1.29 is 9.53 Å². The molecule has 0 aromatic heterocycles. The van der Waals surface area contributed by atoms with Crippen molar-refractivity contribution >= 4 is 12.0 Å². The Morgan fingerprint density at radius 1 is 1.53 bits per heavy atom. The van der Waals surface area contributed by atoms with Crippen LogP contribution in [-0.2, 0) is 4.74 Å². The van der Waals surface area contributed by atoms with Gasteiger partial charge in [-0.1, -0.05) is 35.5 Å². The van der Waals surface area contributed by atoms with Gasteiger partial charge in [-0.15, -0.1) is 0 Å². The lowest BCUT2D eigenvalue weighted by atomic mass is 10.1. The SMILES string of the molecule is COC(=O)c1ccccc1C=CCCN=[N+]=[N-]. The van der Waals surface area contributed by atoms with E-state index in [4.69, 9.17) is 5.53 Å². The molecule has 0 aliphatic heterocycles. The number of azide groups is 1. The zero-order valence-electron chi connectivity index (χ0n) is 9.54. The van der Waals surface area contributed by atoms with E-state index >= 15 is 0 Å². The van der Waals surface area contributed by atoms with E-state index in [1.165, 1.54) is 7.11 Å². The number of methoxy groups -OCH3 is 1. The largest absolute Gasteiger partial charge is 0.465 e. The first-order valence-electron chi connectivity index (χ1n) is 5.14. The van der Waals surface area contributed by atoms with E-state index in [1.807, 2.05) is 24.3 Å². The lowest BCUT2D eigenvalue weighted by Gasteiger charge is -2.02. The molecular weight excluding hydrogens is 218 g/mol. The van der Waals surface area contributed by atoms with Gasteiger partial charge in [-0.2, -0.15) is 0 Å². The van der Waals surface area contributed by atoms with Gasteiger partial charge < -0.3 is 4.74 Å². The van der Waals surface area contributed by atoms with Crippen LogP contribution in [0, 0.1) is 0 Å². The number of hydrogen-bond acceptors (Lipinski definition) is 3. The highest BCUT2D eigenvalue weighted by Crippen LogP contribution is 2.12. The van der Waals surface area contributed by atoms with E-state index in [2.05, 4.69) is 14.8 Å². The maximum atomic E-state index is 11.4. The zero-order chi connectivity index (χ0) is 12.5. The van der Waals surface area contributed by atoms with Gasteiger partial charge in [0, 0.05) is 11.5 Å². The fraction of sp³-hybridized carbons (Fsp3) is 0.250. The topological polar surface area (TPSA) is 75.1 Å². The molecule has 0 bridgehead atoms. The molecule has 5 heteroatoms. The zero-order valence-corrected chi connectivity index (χ0v) is 9.54. The van der Waals surface area contributed by atoms with Gasteiger partial charge in [0.15, 0.2) is 0 Å². The fourth-order valence-electron chi connectivity index (χ4n) is 1.33. The lowest BCUT2D eigenvalue weighted by molar-refractivity contribution is 0.0600. The Morgan fingerprint density at radius 3 is 3.00 bits per heavy atom. The molecule has 0 aliphatic carbocycles. The summed E-state index contributed by atoms with van der Waals surface area (Å²) in [6, 6.07) is 7.17. The van der Waals surface area contributed by atoms with Crippen molar-refractivity contribution in [3.8, 4) is 0 Å². The van der Waals surface area contributed by atoms with E-state index in [-0.39, 0.29) is 5.97 Å². The normalized spacial score (nSPS) is 9.94. The molecule has 0 atom stereocenters. The monoisotopic (exact) mass is 231 g/mol. The number of rotatable bonds is 5. The van der Waals surface area contributed by atoms with Gasteiger partial charge in [0.25, 0.3) is 0 Å². The summed E-state index contributed by atoms with van der Waals surface area (Å²) < 4.78 is 4.68. The minimum atomic E-state index is -0.361. The van der Waals surface area contributed by atoms with Crippen molar-refractivity contribution in [2.75, 3.05) is 13.7 Å². The third-order valence-electron chi connectivity index (χ3n) is 2.12. The molecule has 0 amide bonds. The van der Waals surface area contributed by atoms with Crippen molar-refractivity contribution in [2.24, 2.45) is 5.11 Å². The van der Waals surface area contributed by atoms with Gasteiger partial charge in [0.2, 0.25) is 0 Å². The van der Waals surface area contributed by atoms with Crippen LogP contribution in [0.25, 0.3) is 16.5 Å². The van der Waals surface area contributed by atoms with Crippen LogP contribution in [-0.4, -0.2) is 19.6 Å². The molecule has 0 radical (unpaired) electrons. The van der Waals surface area contributed by atoms with Crippen molar-refractivity contribution in [3.05, 3.63) is 51.9 Å². The molecule has 0 heterocycles. The Kier molecular flexibility index (Phi) is 5.34. The van der Waals surface area contributed by atoms with Crippen molar-refractivity contribution in [3.63, 3.8) is 0 Å². The third-order valence-corrected chi connectivity index (χ3v) is 2.12. The van der Waals surface area contributed by atoms with Gasteiger partial charge in [-0.3, -0.25) is 0 Å². The van der Waals surface area contributed by atoms with Crippen LogP contribution in [0.3, 0.4) is 0 Å². The first-order chi connectivity index (χ1) is 8.29. The molecule has 0 saturated carbocycles. The molecule has 0 fully saturated rings. The molecule has 0 aliphatic rings. The average molecular weight is 231 g/mol. The molecule has 0 saturated heterocycles. The summed E-state index contributed by atoms with van der Waals surface area (Å²) >= 11 is 0. The van der Waals surface area contributed by atoms with E-state index in [9.17, 15) is 4.79 Å². The predicted octanol–water partition coefficient (Wildman–Crippen LogP) is 3.19. The number of hydrogen-bond donors (Lipinski definition) is 0. The van der Waals surface area contributed by atoms with E-state index in [0.717, 1.165) is 5.56 Å². The first-order valence-corrected chi connectivity index (χ1v) is 5.14. The minimum Gasteiger partial charge on any atom is -0.465 e. The predicted molar refractivity (Wildman–Crippen MR) is 65.4 cm³/mol. The molecule has 0 spiro atoms. The molecule has 17 heavy (non-hydrogen) atoms. The molecule has 0 N–H and O–H groups in total. The third kappa shape index (κ3) is 4.01. The van der Waals surface area contributed by atoms with Gasteiger partial charge in [0.1, 0.15) is 0 Å². The first kappa shape index (κ1) is 12.8. The highest BCUT2D eigenvalue weighted by atomic mass is 16.5. The fourth-order valence-corrected chi connectivity index (χ4v) is 1.33. The van der Waals surface area contributed by atoms with Crippen LogP contribution in [0.2, 0.25) is 0 Å².